The van der Waals surface area contributed by atoms with E-state index in [-0.39, 0.29) is 24.7 Å². The van der Waals surface area contributed by atoms with E-state index in [4.69, 9.17) is 16.2 Å². The van der Waals surface area contributed by atoms with Gasteiger partial charge in [-0.2, -0.15) is 0 Å². The molecule has 1 saturated heterocycles. The van der Waals surface area contributed by atoms with Gasteiger partial charge in [-0.1, -0.05) is 30.3 Å². The van der Waals surface area contributed by atoms with Crippen LogP contribution in [0.25, 0.3) is 22.0 Å². The Morgan fingerprint density at radius 3 is 2.32 bits per heavy atom. The Hall–Kier alpha value is -4.15. The molecule has 0 bridgehead atoms. The van der Waals surface area contributed by atoms with E-state index in [1.807, 2.05) is 42.6 Å². The molecule has 0 saturated carbocycles. The van der Waals surface area contributed by atoms with E-state index in [1.165, 1.54) is 0 Å². The molecule has 1 aliphatic heterocycles. The number of amides is 2. The number of nitrogens with zero attached hydrogens (tertiary/aromatic N) is 1. The lowest BCUT2D eigenvalue weighted by atomic mass is 9.88. The predicted molar refractivity (Wildman–Crippen MR) is 159 cm³/mol. The van der Waals surface area contributed by atoms with Crippen molar-refractivity contribution in [3.05, 3.63) is 89.6 Å². The van der Waals surface area contributed by atoms with E-state index in [1.54, 1.807) is 28.6 Å². The molecule has 1 aliphatic rings. The molecular formula is C31H34N4O5S. The largest absolute Gasteiger partial charge is 0.494 e. The molecule has 0 spiro atoms. The maximum atomic E-state index is 13.0. The van der Waals surface area contributed by atoms with Crippen molar-refractivity contribution >= 4 is 32.7 Å². The highest BCUT2D eigenvalue weighted by molar-refractivity contribution is 7.89. The number of fused-ring (bicyclic) bond motifs is 1. The van der Waals surface area contributed by atoms with E-state index in [0.717, 1.165) is 33.2 Å². The van der Waals surface area contributed by atoms with Gasteiger partial charge in [0.15, 0.2) is 0 Å². The van der Waals surface area contributed by atoms with Gasteiger partial charge in [0.25, 0.3) is 0 Å². The normalized spacial score (nSPS) is 14.7. The van der Waals surface area contributed by atoms with Crippen LogP contribution in [0.15, 0.2) is 72.9 Å². The number of nitrogens with one attached hydrogen (secondary N) is 1. The highest BCUT2D eigenvalue weighted by Gasteiger charge is 2.30. The number of benzene rings is 3. The van der Waals surface area contributed by atoms with Gasteiger partial charge >= 0.3 is 0 Å². The lowest BCUT2D eigenvalue weighted by Gasteiger charge is -2.31. The van der Waals surface area contributed by atoms with Crippen molar-refractivity contribution in [3.8, 4) is 16.9 Å². The molecule has 9 nitrogen and oxygen atoms in total. The smallest absolute Gasteiger partial charge is 0.248 e. The second kappa shape index (κ2) is 12.2. The first kappa shape index (κ1) is 28.4. The van der Waals surface area contributed by atoms with Gasteiger partial charge in [0.1, 0.15) is 5.75 Å². The maximum Gasteiger partial charge on any atom is 0.248 e. The molecule has 0 atom stereocenters. The van der Waals surface area contributed by atoms with E-state index in [0.29, 0.717) is 43.7 Å². The number of hydrogen-bond donors (Lipinski definition) is 3. The first-order chi connectivity index (χ1) is 19.7. The summed E-state index contributed by atoms with van der Waals surface area (Å²) in [5, 5.41) is 1.05. The van der Waals surface area contributed by atoms with Crippen LogP contribution in [0.3, 0.4) is 0 Å². The summed E-state index contributed by atoms with van der Waals surface area (Å²) in [6.07, 6.45) is 3.89. The Bertz CT molecular complexity index is 1640. The summed E-state index contributed by atoms with van der Waals surface area (Å²) in [6.45, 7) is 1.14. The number of ether oxygens (including phenoxy) is 1. The zero-order valence-electron chi connectivity index (χ0n) is 22.7. The highest BCUT2D eigenvalue weighted by Crippen LogP contribution is 2.37. The molecule has 2 heterocycles. The van der Waals surface area contributed by atoms with Crippen molar-refractivity contribution in [3.63, 3.8) is 0 Å². The summed E-state index contributed by atoms with van der Waals surface area (Å²) >= 11 is 0. The molecule has 5 N–H and O–H groups in total. The van der Waals surface area contributed by atoms with Crippen molar-refractivity contribution in [2.75, 3.05) is 25.4 Å². The highest BCUT2D eigenvalue weighted by atomic mass is 32.2. The number of H-pyrrole nitrogens is 1. The van der Waals surface area contributed by atoms with Gasteiger partial charge in [-0.15, -0.1) is 0 Å². The Morgan fingerprint density at radius 2 is 1.66 bits per heavy atom. The Labute approximate surface area is 239 Å². The molecular weight excluding hydrogens is 540 g/mol. The number of piperidine rings is 1. The average Bonchev–Trinajstić information content (AvgIpc) is 3.40. The SMILES string of the molecule is NC(=O)Cc1cc(-c2ccccc2)cc2c(C3CCN(S(=O)(=O)CCCOc4ccc(C(N)=O)cc4)CC3)c[nH]c12. The number of rotatable bonds is 11. The van der Waals surface area contributed by atoms with Crippen LogP contribution in [0.4, 0.5) is 0 Å². The van der Waals surface area contributed by atoms with Crippen LogP contribution in [-0.2, 0) is 21.2 Å². The van der Waals surface area contributed by atoms with Crippen molar-refractivity contribution in [2.24, 2.45) is 11.5 Å². The summed E-state index contributed by atoms with van der Waals surface area (Å²) in [4.78, 5) is 26.4. The fourth-order valence-electron chi connectivity index (χ4n) is 5.51. The second-order valence-electron chi connectivity index (χ2n) is 10.4. The summed E-state index contributed by atoms with van der Waals surface area (Å²) < 4.78 is 33.3. The number of sulfonamides is 1. The van der Waals surface area contributed by atoms with Crippen LogP contribution in [0.2, 0.25) is 0 Å². The first-order valence-corrected chi connectivity index (χ1v) is 15.3. The van der Waals surface area contributed by atoms with Crippen LogP contribution in [0, 0.1) is 0 Å². The fraction of sp³-hybridized carbons (Fsp3) is 0.290. The fourth-order valence-corrected chi connectivity index (χ4v) is 7.02. The van der Waals surface area contributed by atoms with Gasteiger partial charge in [0, 0.05) is 35.8 Å². The van der Waals surface area contributed by atoms with Crippen LogP contribution in [0.1, 0.15) is 46.7 Å². The minimum absolute atomic E-state index is 0.00103. The van der Waals surface area contributed by atoms with Gasteiger partial charge in [-0.25, -0.2) is 12.7 Å². The number of carbonyl (C=O) groups is 2. The second-order valence-corrected chi connectivity index (χ2v) is 12.5. The van der Waals surface area contributed by atoms with Crippen molar-refractivity contribution < 1.29 is 22.7 Å². The lowest BCUT2D eigenvalue weighted by Crippen LogP contribution is -2.39. The Balaban J connectivity index is 1.23. The third-order valence-corrected chi connectivity index (χ3v) is 9.57. The molecule has 1 aromatic heterocycles. The molecule has 0 aliphatic carbocycles. The third kappa shape index (κ3) is 6.61. The van der Waals surface area contributed by atoms with Crippen LogP contribution < -0.4 is 16.2 Å². The van der Waals surface area contributed by atoms with Crippen molar-refractivity contribution in [1.82, 2.24) is 9.29 Å². The van der Waals surface area contributed by atoms with E-state index in [9.17, 15) is 18.0 Å². The zero-order valence-corrected chi connectivity index (χ0v) is 23.5. The van der Waals surface area contributed by atoms with Crippen LogP contribution >= 0.6 is 0 Å². The molecule has 0 radical (unpaired) electrons. The molecule has 5 rings (SSSR count). The maximum absolute atomic E-state index is 13.0. The summed E-state index contributed by atoms with van der Waals surface area (Å²) in [7, 11) is -3.42. The van der Waals surface area contributed by atoms with E-state index >= 15 is 0 Å². The van der Waals surface area contributed by atoms with Crippen LogP contribution in [0.5, 0.6) is 5.75 Å². The topological polar surface area (TPSA) is 149 Å². The molecule has 0 unspecified atom stereocenters. The molecule has 10 heteroatoms. The van der Waals surface area contributed by atoms with Crippen molar-refractivity contribution in [2.45, 2.75) is 31.6 Å². The van der Waals surface area contributed by atoms with Gasteiger partial charge in [-0.05, 0) is 83.8 Å². The summed E-state index contributed by atoms with van der Waals surface area (Å²) in [6, 6.07) is 20.6. The number of carbonyl (C=O) groups excluding carboxylic acids is 2. The monoisotopic (exact) mass is 574 g/mol. The molecule has 3 aromatic carbocycles. The standard InChI is InChI=1S/C31H34N4O5S/c32-29(36)19-25-17-24(21-5-2-1-3-6-21)18-27-28(20-34-30(25)27)22-11-13-35(14-12-22)41(38,39)16-4-15-40-26-9-7-23(8-10-26)31(33)37/h1-3,5-10,17-18,20,22,34H,4,11-16,19H2,(H2,32,36)(H2,33,37). The summed E-state index contributed by atoms with van der Waals surface area (Å²) in [5.74, 6) is -0.157. The molecule has 41 heavy (non-hydrogen) atoms. The summed E-state index contributed by atoms with van der Waals surface area (Å²) in [5.41, 5.74) is 16.2. The number of primary amides is 2. The minimum Gasteiger partial charge on any atom is -0.494 e. The number of aromatic amines is 1. The molecule has 2 amide bonds. The third-order valence-electron chi connectivity index (χ3n) is 7.62. The van der Waals surface area contributed by atoms with Crippen molar-refractivity contribution in [1.29, 1.82) is 0 Å². The molecule has 1 fully saturated rings. The lowest BCUT2D eigenvalue weighted by molar-refractivity contribution is -0.117. The van der Waals surface area contributed by atoms with E-state index in [2.05, 4.69) is 11.1 Å². The van der Waals surface area contributed by atoms with Crippen LogP contribution in [-0.4, -0.2) is 55.0 Å². The Morgan fingerprint density at radius 1 is 0.951 bits per heavy atom. The number of hydrogen-bond acceptors (Lipinski definition) is 5. The van der Waals surface area contributed by atoms with E-state index < -0.39 is 21.8 Å². The van der Waals surface area contributed by atoms with Gasteiger partial charge in [-0.3, -0.25) is 9.59 Å². The molecule has 214 valence electrons. The van der Waals surface area contributed by atoms with Gasteiger partial charge in [0.2, 0.25) is 21.8 Å². The van der Waals surface area contributed by atoms with Gasteiger partial charge in [0.05, 0.1) is 18.8 Å². The zero-order chi connectivity index (χ0) is 29.0. The molecule has 4 aromatic rings. The number of nitrogens with two attached hydrogens (primary N) is 2. The Kier molecular flexibility index (Phi) is 8.41. The minimum atomic E-state index is -3.42. The quantitative estimate of drug-likeness (QED) is 0.232. The average molecular weight is 575 g/mol. The number of aromatic nitrogens is 1. The predicted octanol–water partition coefficient (Wildman–Crippen LogP) is 3.94. The van der Waals surface area contributed by atoms with Gasteiger partial charge < -0.3 is 21.2 Å². The first-order valence-electron chi connectivity index (χ1n) is 13.7.